The van der Waals surface area contributed by atoms with E-state index < -0.39 is 0 Å². The van der Waals surface area contributed by atoms with Gasteiger partial charge in [0.25, 0.3) is 0 Å². The second kappa shape index (κ2) is 17.9. The Balaban J connectivity index is 0.000000295. The molecule has 4 aliphatic carbocycles. The fourth-order valence-electron chi connectivity index (χ4n) is 9.87. The first-order valence-electron chi connectivity index (χ1n) is 18.4. The summed E-state index contributed by atoms with van der Waals surface area (Å²) in [6.07, 6.45) is 21.8. The maximum absolute atomic E-state index is 10.2. The highest BCUT2D eigenvalue weighted by molar-refractivity contribution is 5.25. The van der Waals surface area contributed by atoms with Crippen molar-refractivity contribution in [3.8, 4) is 0 Å². The predicted octanol–water partition coefficient (Wildman–Crippen LogP) is 7.03. The molecule has 0 aliphatic heterocycles. The van der Waals surface area contributed by atoms with Crippen LogP contribution in [-0.4, -0.2) is 50.5 Å². The molecule has 4 rings (SSSR count). The zero-order chi connectivity index (χ0) is 30.6. The summed E-state index contributed by atoms with van der Waals surface area (Å²) in [6.45, 7) is 18.5. The van der Waals surface area contributed by atoms with E-state index in [9.17, 15) is 5.11 Å². The van der Waals surface area contributed by atoms with Crippen molar-refractivity contribution in [2.45, 2.75) is 137 Å². The van der Waals surface area contributed by atoms with Gasteiger partial charge in [0.15, 0.2) is 0 Å². The van der Waals surface area contributed by atoms with Crippen LogP contribution in [0.1, 0.15) is 131 Å². The summed E-state index contributed by atoms with van der Waals surface area (Å²) in [5, 5.41) is 16.9. The van der Waals surface area contributed by atoms with Crippen LogP contribution in [0.2, 0.25) is 0 Å². The summed E-state index contributed by atoms with van der Waals surface area (Å²) in [5.74, 6) is 5.46. The van der Waals surface area contributed by atoms with Crippen LogP contribution in [-0.2, 0) is 0 Å². The molecular formula is C37H72N4O. The SMILES string of the molecule is CC(C)CCCC(C)[C@H]1CC[C@H]2[C@@H]3CC=C4C[C@@H](O)CC[C@]4(C)[C@H]3CC[C@]12C.NCCCNCCCCNCCCN. The molecule has 5 heteroatoms. The van der Waals surface area contributed by atoms with Gasteiger partial charge in [0.05, 0.1) is 6.10 Å². The number of fused-ring (bicyclic) bond motifs is 5. The van der Waals surface area contributed by atoms with Gasteiger partial charge in [-0.1, -0.05) is 65.5 Å². The average Bonchev–Trinajstić information content (AvgIpc) is 3.32. The maximum atomic E-state index is 10.2. The summed E-state index contributed by atoms with van der Waals surface area (Å²) in [5.41, 5.74) is 13.4. The molecule has 0 aromatic heterocycles. The lowest BCUT2D eigenvalue weighted by atomic mass is 9.47. The number of allylic oxidation sites excluding steroid dienone is 1. The van der Waals surface area contributed by atoms with Crippen LogP contribution >= 0.6 is 0 Å². The summed E-state index contributed by atoms with van der Waals surface area (Å²) in [6, 6.07) is 0. The van der Waals surface area contributed by atoms with Crippen LogP contribution in [0.25, 0.3) is 0 Å². The average molecular weight is 589 g/mol. The smallest absolute Gasteiger partial charge is 0.0577 e. The zero-order valence-corrected chi connectivity index (χ0v) is 28.6. The van der Waals surface area contributed by atoms with Crippen LogP contribution in [0.3, 0.4) is 0 Å². The van der Waals surface area contributed by atoms with E-state index in [-0.39, 0.29) is 6.10 Å². The van der Waals surface area contributed by atoms with Gasteiger partial charge < -0.3 is 27.2 Å². The van der Waals surface area contributed by atoms with E-state index in [2.05, 4.69) is 51.3 Å². The number of aliphatic hydroxyl groups is 1. The van der Waals surface area contributed by atoms with E-state index in [0.717, 1.165) is 100 Å². The molecule has 0 aromatic carbocycles. The molecule has 246 valence electrons. The lowest BCUT2D eigenvalue weighted by Gasteiger charge is -2.58. The fraction of sp³-hybridized carbons (Fsp3) is 0.946. The summed E-state index contributed by atoms with van der Waals surface area (Å²) in [7, 11) is 0. The normalized spacial score (nSPS) is 34.6. The Hall–Kier alpha value is -0.460. The second-order valence-electron chi connectivity index (χ2n) is 15.7. The summed E-state index contributed by atoms with van der Waals surface area (Å²) in [4.78, 5) is 0. The molecule has 0 heterocycles. The number of nitrogens with one attached hydrogen (secondary N) is 2. The Kier molecular flexibility index (Phi) is 15.3. The molecule has 0 spiro atoms. The molecule has 0 saturated heterocycles. The third-order valence-corrected chi connectivity index (χ3v) is 12.4. The first-order valence-corrected chi connectivity index (χ1v) is 18.4. The van der Waals surface area contributed by atoms with Gasteiger partial charge in [0.1, 0.15) is 0 Å². The fourth-order valence-corrected chi connectivity index (χ4v) is 9.87. The molecule has 3 saturated carbocycles. The molecule has 42 heavy (non-hydrogen) atoms. The van der Waals surface area contributed by atoms with Crippen LogP contribution in [0, 0.1) is 46.3 Å². The van der Waals surface area contributed by atoms with Crippen LogP contribution in [0.4, 0.5) is 0 Å². The van der Waals surface area contributed by atoms with E-state index in [1.807, 2.05) is 0 Å². The van der Waals surface area contributed by atoms with Crippen molar-refractivity contribution in [2.24, 2.45) is 57.8 Å². The number of rotatable bonds is 16. The molecule has 4 aliphatic rings. The van der Waals surface area contributed by atoms with E-state index in [0.29, 0.717) is 10.8 Å². The highest BCUT2D eigenvalue weighted by atomic mass is 16.3. The number of hydrogen-bond acceptors (Lipinski definition) is 5. The Morgan fingerprint density at radius 2 is 1.45 bits per heavy atom. The molecule has 0 amide bonds. The van der Waals surface area contributed by atoms with Gasteiger partial charge in [-0.25, -0.2) is 0 Å². The third kappa shape index (κ3) is 9.52. The van der Waals surface area contributed by atoms with Gasteiger partial charge in [-0.05, 0) is 163 Å². The second-order valence-corrected chi connectivity index (χ2v) is 15.7. The van der Waals surface area contributed by atoms with Crippen molar-refractivity contribution < 1.29 is 5.11 Å². The van der Waals surface area contributed by atoms with Gasteiger partial charge in [-0.15, -0.1) is 0 Å². The van der Waals surface area contributed by atoms with Gasteiger partial charge >= 0.3 is 0 Å². The number of nitrogens with two attached hydrogens (primary N) is 2. The van der Waals surface area contributed by atoms with Crippen molar-refractivity contribution in [3.63, 3.8) is 0 Å². The Morgan fingerprint density at radius 1 is 0.810 bits per heavy atom. The first kappa shape index (κ1) is 36.0. The minimum absolute atomic E-state index is 0.0766. The third-order valence-electron chi connectivity index (χ3n) is 12.4. The largest absolute Gasteiger partial charge is 0.393 e. The van der Waals surface area contributed by atoms with Crippen LogP contribution in [0.15, 0.2) is 11.6 Å². The van der Waals surface area contributed by atoms with E-state index in [1.54, 1.807) is 5.57 Å². The minimum Gasteiger partial charge on any atom is -0.393 e. The molecule has 1 unspecified atom stereocenters. The van der Waals surface area contributed by atoms with Crippen LogP contribution < -0.4 is 22.1 Å². The van der Waals surface area contributed by atoms with Gasteiger partial charge in [-0.2, -0.15) is 0 Å². The quantitative estimate of drug-likeness (QED) is 0.0985. The molecule has 8 atom stereocenters. The van der Waals surface area contributed by atoms with Crippen molar-refractivity contribution in [2.75, 3.05) is 39.3 Å². The van der Waals surface area contributed by atoms with Crippen molar-refractivity contribution >= 4 is 0 Å². The highest BCUT2D eigenvalue weighted by Crippen LogP contribution is 2.67. The molecule has 0 aromatic rings. The van der Waals surface area contributed by atoms with Crippen molar-refractivity contribution in [1.29, 1.82) is 0 Å². The standard InChI is InChI=1S/C27H46O.C10H26N4/c1-18(2)7-6-8-19(3)23-11-12-24-22-10-9-20-17-21(28)13-15-26(20,4)25(22)14-16-27(23,24)5;11-5-3-9-13-7-1-2-8-14-10-4-6-12/h9,18-19,21-25,28H,6-8,10-17H2,1-5H3;13-14H,1-12H2/t19?,21-,22-,23+,24-,25-,26-,27+;/m0./s1. The number of hydrogen-bond donors (Lipinski definition) is 5. The number of aliphatic hydroxyl groups excluding tert-OH is 1. The van der Waals surface area contributed by atoms with Gasteiger partial charge in [0, 0.05) is 0 Å². The molecule has 5 nitrogen and oxygen atoms in total. The Morgan fingerprint density at radius 3 is 2.07 bits per heavy atom. The highest BCUT2D eigenvalue weighted by Gasteiger charge is 2.59. The predicted molar refractivity (Wildman–Crippen MR) is 181 cm³/mol. The Bertz CT molecular complexity index is 774. The summed E-state index contributed by atoms with van der Waals surface area (Å²) < 4.78 is 0. The van der Waals surface area contributed by atoms with Crippen molar-refractivity contribution in [3.05, 3.63) is 11.6 Å². The zero-order valence-electron chi connectivity index (χ0n) is 28.6. The number of unbranched alkanes of at least 4 members (excludes halogenated alkanes) is 1. The molecule has 0 radical (unpaired) electrons. The van der Waals surface area contributed by atoms with E-state index >= 15 is 0 Å². The van der Waals surface area contributed by atoms with E-state index in [1.165, 1.54) is 70.6 Å². The monoisotopic (exact) mass is 589 g/mol. The minimum atomic E-state index is -0.0766. The van der Waals surface area contributed by atoms with Gasteiger partial charge in [0.2, 0.25) is 0 Å². The molecule has 0 bridgehead atoms. The first-order chi connectivity index (χ1) is 20.2. The topological polar surface area (TPSA) is 96.3 Å². The molecule has 7 N–H and O–H groups in total. The lowest BCUT2D eigenvalue weighted by Crippen LogP contribution is -2.50. The van der Waals surface area contributed by atoms with Crippen molar-refractivity contribution in [1.82, 2.24) is 10.6 Å². The molecular weight excluding hydrogens is 516 g/mol. The Labute approximate surface area is 261 Å². The van der Waals surface area contributed by atoms with Gasteiger partial charge in [-0.3, -0.25) is 0 Å². The summed E-state index contributed by atoms with van der Waals surface area (Å²) >= 11 is 0. The maximum Gasteiger partial charge on any atom is 0.0577 e. The van der Waals surface area contributed by atoms with Crippen LogP contribution in [0.5, 0.6) is 0 Å². The lowest BCUT2D eigenvalue weighted by molar-refractivity contribution is -0.0573. The van der Waals surface area contributed by atoms with E-state index in [4.69, 9.17) is 11.5 Å². The molecule has 3 fully saturated rings.